The third-order valence-electron chi connectivity index (χ3n) is 9.39. The van der Waals surface area contributed by atoms with Gasteiger partial charge in [0.1, 0.15) is 5.60 Å². The van der Waals surface area contributed by atoms with Gasteiger partial charge < -0.3 is 14.9 Å². The Hall–Kier alpha value is -1.43. The zero-order valence-corrected chi connectivity index (χ0v) is 19.5. The molecule has 6 nitrogen and oxygen atoms in total. The zero-order valence-electron chi connectivity index (χ0n) is 19.5. The standard InChI is InChI=1S/C26H40N2O4/c29-23-5-2-14-28(23)22-4-1-3-21(17-22)18-6-8-20(9-7-18)25(31)27-15-10-19(11-16-27)24(30)26(32)12-13-26/h18-22,32H,1-17H2. The number of hydrogen-bond acceptors (Lipinski definition) is 4. The number of rotatable bonds is 5. The highest BCUT2D eigenvalue weighted by Gasteiger charge is 2.50. The molecular weight excluding hydrogens is 404 g/mol. The number of amides is 2. The molecule has 0 aromatic heterocycles. The van der Waals surface area contributed by atoms with Crippen LogP contribution in [0.5, 0.6) is 0 Å². The second-order valence-electron chi connectivity index (χ2n) is 11.4. The van der Waals surface area contributed by atoms with Crippen molar-refractivity contribution in [2.24, 2.45) is 23.7 Å². The third kappa shape index (κ3) is 4.49. The van der Waals surface area contributed by atoms with Crippen LogP contribution in [0.15, 0.2) is 0 Å². The summed E-state index contributed by atoms with van der Waals surface area (Å²) in [6, 6.07) is 0.459. The Morgan fingerprint density at radius 2 is 1.53 bits per heavy atom. The van der Waals surface area contributed by atoms with Gasteiger partial charge in [-0.1, -0.05) is 12.8 Å². The van der Waals surface area contributed by atoms with E-state index in [1.165, 1.54) is 25.7 Å². The maximum atomic E-state index is 13.1. The fraction of sp³-hybridized carbons (Fsp3) is 0.885. The summed E-state index contributed by atoms with van der Waals surface area (Å²) < 4.78 is 0. The van der Waals surface area contributed by atoms with Crippen molar-refractivity contribution in [2.75, 3.05) is 19.6 Å². The largest absolute Gasteiger partial charge is 0.382 e. The van der Waals surface area contributed by atoms with Crippen molar-refractivity contribution < 1.29 is 19.5 Å². The van der Waals surface area contributed by atoms with E-state index in [0.717, 1.165) is 45.1 Å². The minimum Gasteiger partial charge on any atom is -0.382 e. The Kier molecular flexibility index (Phi) is 6.34. The van der Waals surface area contributed by atoms with Crippen molar-refractivity contribution in [2.45, 2.75) is 102 Å². The van der Waals surface area contributed by atoms with Gasteiger partial charge in [0.15, 0.2) is 5.78 Å². The Bertz CT molecular complexity index is 732. The molecule has 5 rings (SSSR count). The van der Waals surface area contributed by atoms with Crippen LogP contribution in [0.25, 0.3) is 0 Å². The monoisotopic (exact) mass is 444 g/mol. The first-order valence-electron chi connectivity index (χ1n) is 13.3. The fourth-order valence-corrected chi connectivity index (χ4v) is 7.17. The van der Waals surface area contributed by atoms with Crippen LogP contribution in [-0.2, 0) is 14.4 Å². The number of carbonyl (C=O) groups is 3. The first kappa shape index (κ1) is 22.4. The molecule has 0 bridgehead atoms. The highest BCUT2D eigenvalue weighted by atomic mass is 16.3. The minimum atomic E-state index is -1.03. The van der Waals surface area contributed by atoms with E-state index in [1.807, 2.05) is 4.90 Å². The van der Waals surface area contributed by atoms with Gasteiger partial charge in [0.05, 0.1) is 0 Å². The summed E-state index contributed by atoms with van der Waals surface area (Å²) in [5, 5.41) is 10.1. The molecule has 2 aliphatic heterocycles. The molecule has 3 saturated carbocycles. The first-order valence-corrected chi connectivity index (χ1v) is 13.3. The smallest absolute Gasteiger partial charge is 0.225 e. The highest BCUT2D eigenvalue weighted by Crippen LogP contribution is 2.43. The molecule has 0 aromatic rings. The van der Waals surface area contributed by atoms with Crippen LogP contribution in [0.2, 0.25) is 0 Å². The van der Waals surface area contributed by atoms with Gasteiger partial charge in [-0.25, -0.2) is 0 Å². The van der Waals surface area contributed by atoms with Crippen molar-refractivity contribution in [1.82, 2.24) is 9.80 Å². The predicted octanol–water partition coefficient (Wildman–Crippen LogP) is 3.31. The summed E-state index contributed by atoms with van der Waals surface area (Å²) in [7, 11) is 0. The number of hydrogen-bond donors (Lipinski definition) is 1. The molecule has 178 valence electrons. The average Bonchev–Trinajstić information content (AvgIpc) is 3.45. The van der Waals surface area contributed by atoms with Gasteiger partial charge in [-0.2, -0.15) is 0 Å². The number of Topliss-reactive ketones (excluding diaryl/α,β-unsaturated/α-hetero) is 1. The lowest BCUT2D eigenvalue weighted by molar-refractivity contribution is -0.142. The van der Waals surface area contributed by atoms with Crippen molar-refractivity contribution in [3.8, 4) is 0 Å². The summed E-state index contributed by atoms with van der Waals surface area (Å²) in [5.41, 5.74) is -1.03. The zero-order chi connectivity index (χ0) is 22.3. The molecule has 0 aromatic carbocycles. The lowest BCUT2D eigenvalue weighted by Gasteiger charge is -2.41. The minimum absolute atomic E-state index is 0.0199. The number of ketones is 1. The molecule has 2 atom stereocenters. The molecule has 5 fully saturated rings. The van der Waals surface area contributed by atoms with E-state index in [1.54, 1.807) is 0 Å². The lowest BCUT2D eigenvalue weighted by Crippen LogP contribution is -2.46. The van der Waals surface area contributed by atoms with Gasteiger partial charge in [0.2, 0.25) is 11.8 Å². The average molecular weight is 445 g/mol. The molecule has 32 heavy (non-hydrogen) atoms. The normalized spacial score (nSPS) is 35.7. The van der Waals surface area contributed by atoms with Crippen LogP contribution in [0.1, 0.15) is 89.9 Å². The molecule has 0 spiro atoms. The number of piperidine rings is 1. The highest BCUT2D eigenvalue weighted by molar-refractivity contribution is 5.92. The lowest BCUT2D eigenvalue weighted by atomic mass is 9.69. The van der Waals surface area contributed by atoms with Crippen LogP contribution in [0.4, 0.5) is 0 Å². The van der Waals surface area contributed by atoms with Gasteiger partial charge in [-0.15, -0.1) is 0 Å². The third-order valence-corrected chi connectivity index (χ3v) is 9.39. The van der Waals surface area contributed by atoms with E-state index in [4.69, 9.17) is 0 Å². The van der Waals surface area contributed by atoms with Crippen molar-refractivity contribution in [3.05, 3.63) is 0 Å². The van der Waals surface area contributed by atoms with Crippen LogP contribution >= 0.6 is 0 Å². The van der Waals surface area contributed by atoms with Crippen LogP contribution in [0.3, 0.4) is 0 Å². The number of nitrogens with zero attached hydrogens (tertiary/aromatic N) is 2. The molecule has 3 aliphatic carbocycles. The van der Waals surface area contributed by atoms with Gasteiger partial charge in [0.25, 0.3) is 0 Å². The number of aliphatic hydroxyl groups is 1. The predicted molar refractivity (Wildman–Crippen MR) is 121 cm³/mol. The molecule has 5 aliphatic rings. The molecule has 6 heteroatoms. The summed E-state index contributed by atoms with van der Waals surface area (Å²) in [6.45, 7) is 2.29. The maximum Gasteiger partial charge on any atom is 0.225 e. The second-order valence-corrected chi connectivity index (χ2v) is 11.4. The van der Waals surface area contributed by atoms with Crippen LogP contribution < -0.4 is 0 Å². The Morgan fingerprint density at radius 1 is 0.812 bits per heavy atom. The van der Waals surface area contributed by atoms with E-state index in [0.29, 0.717) is 68.5 Å². The SMILES string of the molecule is O=C(C1CCC(C2CCCC(N3CCCC3=O)C2)CC1)N1CCC(C(=O)C2(O)CC2)CC1. The van der Waals surface area contributed by atoms with Gasteiger partial charge >= 0.3 is 0 Å². The second kappa shape index (κ2) is 9.08. The summed E-state index contributed by atoms with van der Waals surface area (Å²) in [4.78, 5) is 41.9. The van der Waals surface area contributed by atoms with Crippen molar-refractivity contribution >= 4 is 17.6 Å². The van der Waals surface area contributed by atoms with E-state index < -0.39 is 5.60 Å². The molecule has 2 heterocycles. The molecule has 0 radical (unpaired) electrons. The molecule has 1 N–H and O–H groups in total. The Balaban J connectivity index is 1.07. The van der Waals surface area contributed by atoms with E-state index in [-0.39, 0.29) is 17.6 Å². The van der Waals surface area contributed by atoms with E-state index in [9.17, 15) is 19.5 Å². The molecule has 2 unspecified atom stereocenters. The van der Waals surface area contributed by atoms with Crippen molar-refractivity contribution in [3.63, 3.8) is 0 Å². The Morgan fingerprint density at radius 3 is 2.16 bits per heavy atom. The summed E-state index contributed by atoms with van der Waals surface area (Å²) >= 11 is 0. The Labute approximate surface area is 192 Å². The van der Waals surface area contributed by atoms with Crippen LogP contribution in [-0.4, -0.2) is 63.8 Å². The molecular formula is C26H40N2O4. The first-order chi connectivity index (χ1) is 15.4. The van der Waals surface area contributed by atoms with Gasteiger partial charge in [0, 0.05) is 43.9 Å². The van der Waals surface area contributed by atoms with Gasteiger partial charge in [-0.05, 0) is 82.5 Å². The van der Waals surface area contributed by atoms with Gasteiger partial charge in [-0.3, -0.25) is 14.4 Å². The molecule has 2 saturated heterocycles. The molecule has 2 amide bonds. The quantitative estimate of drug-likeness (QED) is 0.706. The van der Waals surface area contributed by atoms with Crippen LogP contribution in [0, 0.1) is 23.7 Å². The van der Waals surface area contributed by atoms with Crippen molar-refractivity contribution in [1.29, 1.82) is 0 Å². The topological polar surface area (TPSA) is 77.9 Å². The fourth-order valence-electron chi connectivity index (χ4n) is 7.17. The number of likely N-dealkylation sites (tertiary alicyclic amines) is 2. The maximum absolute atomic E-state index is 13.1. The number of carbonyl (C=O) groups excluding carboxylic acids is 3. The van der Waals surface area contributed by atoms with E-state index >= 15 is 0 Å². The summed E-state index contributed by atoms with van der Waals surface area (Å²) in [6.07, 6.45) is 13.5. The summed E-state index contributed by atoms with van der Waals surface area (Å²) in [5.74, 6) is 2.18. The van der Waals surface area contributed by atoms with E-state index in [2.05, 4.69) is 4.90 Å².